The first-order chi connectivity index (χ1) is 9.70. The monoisotopic (exact) mass is 273 g/mol. The number of esters is 1. The average Bonchev–Trinajstić information content (AvgIpc) is 2.69. The van der Waals surface area contributed by atoms with Crippen molar-refractivity contribution in [3.63, 3.8) is 0 Å². The highest BCUT2D eigenvalue weighted by Gasteiger charge is 2.14. The Kier molecular flexibility index (Phi) is 4.93. The lowest BCUT2D eigenvalue weighted by atomic mass is 10.0. The zero-order chi connectivity index (χ0) is 14.4. The molecule has 0 saturated carbocycles. The lowest BCUT2D eigenvalue weighted by Gasteiger charge is -2.11. The van der Waals surface area contributed by atoms with Gasteiger partial charge in [0.05, 0.1) is 12.7 Å². The van der Waals surface area contributed by atoms with Gasteiger partial charge in [0.2, 0.25) is 5.91 Å². The largest absolute Gasteiger partial charge is 0.465 e. The van der Waals surface area contributed by atoms with Crippen molar-refractivity contribution >= 4 is 18.0 Å². The maximum atomic E-state index is 11.7. The number of methoxy groups -OCH3 is 1. The van der Waals surface area contributed by atoms with E-state index in [2.05, 4.69) is 5.32 Å². The van der Waals surface area contributed by atoms with Gasteiger partial charge < -0.3 is 10.1 Å². The second kappa shape index (κ2) is 6.89. The minimum absolute atomic E-state index is 0.0377. The zero-order valence-corrected chi connectivity index (χ0v) is 11.6. The van der Waals surface area contributed by atoms with Crippen molar-refractivity contribution in [2.75, 3.05) is 7.11 Å². The van der Waals surface area contributed by atoms with Gasteiger partial charge in [-0.2, -0.15) is 0 Å². The van der Waals surface area contributed by atoms with Crippen LogP contribution in [0.4, 0.5) is 0 Å². The molecule has 1 aliphatic heterocycles. The summed E-state index contributed by atoms with van der Waals surface area (Å²) >= 11 is 0. The van der Waals surface area contributed by atoms with Gasteiger partial charge in [-0.15, -0.1) is 0 Å². The molecule has 1 N–H and O–H groups in total. The van der Waals surface area contributed by atoms with Crippen LogP contribution in [-0.4, -0.2) is 25.0 Å². The van der Waals surface area contributed by atoms with Gasteiger partial charge in [-0.3, -0.25) is 4.79 Å². The Labute approximate surface area is 118 Å². The molecule has 1 fully saturated rings. The van der Waals surface area contributed by atoms with E-state index in [4.69, 9.17) is 4.74 Å². The Morgan fingerprint density at radius 3 is 2.95 bits per heavy atom. The van der Waals surface area contributed by atoms with E-state index in [1.807, 2.05) is 24.3 Å². The molecule has 1 aromatic rings. The van der Waals surface area contributed by atoms with Gasteiger partial charge in [0.1, 0.15) is 0 Å². The van der Waals surface area contributed by atoms with E-state index in [0.29, 0.717) is 12.0 Å². The van der Waals surface area contributed by atoms with Crippen LogP contribution in [0.3, 0.4) is 0 Å². The molecule has 4 nitrogen and oxygen atoms in total. The molecule has 0 aliphatic carbocycles. The Bertz CT molecular complexity index is 522. The molecule has 1 aliphatic rings. The fraction of sp³-hybridized carbons (Fsp3) is 0.375. The summed E-state index contributed by atoms with van der Waals surface area (Å²) < 4.78 is 4.76. The van der Waals surface area contributed by atoms with Crippen molar-refractivity contribution in [1.82, 2.24) is 5.32 Å². The van der Waals surface area contributed by atoms with Crippen molar-refractivity contribution in [2.45, 2.75) is 31.7 Å². The van der Waals surface area contributed by atoms with Crippen LogP contribution in [0, 0.1) is 0 Å². The molecule has 0 spiro atoms. The number of amides is 1. The standard InChI is InChI=1S/C16H19NO3/c1-20-16(19)14-8-4-2-6-12(14)10-11-13-7-3-5-9-15(18)17-13/h2,4,6,8,10-11,13H,3,5,7,9H2,1H3,(H,17,18)/b11-10+. The molecule has 1 unspecified atom stereocenters. The van der Waals surface area contributed by atoms with Crippen LogP contribution < -0.4 is 5.32 Å². The van der Waals surface area contributed by atoms with Crippen LogP contribution in [0.25, 0.3) is 6.08 Å². The third kappa shape index (κ3) is 3.70. The van der Waals surface area contributed by atoms with Gasteiger partial charge in [0, 0.05) is 12.5 Å². The highest BCUT2D eigenvalue weighted by Crippen LogP contribution is 2.15. The number of hydrogen-bond donors (Lipinski definition) is 1. The summed E-state index contributed by atoms with van der Waals surface area (Å²) in [5.41, 5.74) is 1.34. The topological polar surface area (TPSA) is 55.4 Å². The van der Waals surface area contributed by atoms with Crippen molar-refractivity contribution < 1.29 is 14.3 Å². The third-order valence-corrected chi connectivity index (χ3v) is 3.39. The van der Waals surface area contributed by atoms with Gasteiger partial charge in [-0.1, -0.05) is 36.8 Å². The van der Waals surface area contributed by atoms with Gasteiger partial charge >= 0.3 is 5.97 Å². The van der Waals surface area contributed by atoms with E-state index in [-0.39, 0.29) is 17.9 Å². The predicted molar refractivity (Wildman–Crippen MR) is 77.2 cm³/mol. The van der Waals surface area contributed by atoms with Crippen molar-refractivity contribution in [3.8, 4) is 0 Å². The quantitative estimate of drug-likeness (QED) is 0.861. The molecular formula is C16H19NO3. The van der Waals surface area contributed by atoms with Crippen molar-refractivity contribution in [3.05, 3.63) is 41.5 Å². The smallest absolute Gasteiger partial charge is 0.338 e. The van der Waals surface area contributed by atoms with E-state index in [9.17, 15) is 9.59 Å². The normalized spacial score (nSPS) is 19.4. The van der Waals surface area contributed by atoms with Crippen LogP contribution in [0.2, 0.25) is 0 Å². The number of carbonyl (C=O) groups is 2. The van der Waals surface area contributed by atoms with Gasteiger partial charge in [0.15, 0.2) is 0 Å². The summed E-state index contributed by atoms with van der Waals surface area (Å²) in [5, 5.41) is 2.97. The second-order valence-electron chi connectivity index (χ2n) is 4.86. The lowest BCUT2D eigenvalue weighted by Crippen LogP contribution is -2.30. The van der Waals surface area contributed by atoms with Gasteiger partial charge in [-0.25, -0.2) is 4.79 Å². The minimum Gasteiger partial charge on any atom is -0.465 e. The van der Waals surface area contributed by atoms with Crippen LogP contribution in [-0.2, 0) is 9.53 Å². The maximum Gasteiger partial charge on any atom is 0.338 e. The fourth-order valence-corrected chi connectivity index (χ4v) is 2.30. The molecule has 0 radical (unpaired) electrons. The van der Waals surface area contributed by atoms with E-state index < -0.39 is 0 Å². The lowest BCUT2D eigenvalue weighted by molar-refractivity contribution is -0.121. The van der Waals surface area contributed by atoms with Crippen molar-refractivity contribution in [2.24, 2.45) is 0 Å². The fourth-order valence-electron chi connectivity index (χ4n) is 2.30. The molecule has 1 heterocycles. The molecule has 1 atom stereocenters. The first-order valence-electron chi connectivity index (χ1n) is 6.85. The molecule has 1 saturated heterocycles. The first-order valence-corrected chi connectivity index (χ1v) is 6.85. The number of hydrogen-bond acceptors (Lipinski definition) is 3. The second-order valence-corrected chi connectivity index (χ2v) is 4.86. The SMILES string of the molecule is COC(=O)c1ccccc1/C=C/C1CCCCC(=O)N1. The third-order valence-electron chi connectivity index (χ3n) is 3.39. The van der Waals surface area contributed by atoms with E-state index in [0.717, 1.165) is 24.8 Å². The number of rotatable bonds is 3. The number of carbonyl (C=O) groups excluding carboxylic acids is 2. The summed E-state index contributed by atoms with van der Waals surface area (Å²) in [4.78, 5) is 23.2. The van der Waals surface area contributed by atoms with Crippen LogP contribution in [0.15, 0.2) is 30.3 Å². The Hall–Kier alpha value is -2.10. The molecule has 1 aromatic carbocycles. The zero-order valence-electron chi connectivity index (χ0n) is 11.6. The van der Waals surface area contributed by atoms with Gasteiger partial charge in [0.25, 0.3) is 0 Å². The predicted octanol–water partition coefficient (Wildman–Crippen LogP) is 2.55. The summed E-state index contributed by atoms with van der Waals surface area (Å²) in [7, 11) is 1.37. The molecule has 0 bridgehead atoms. The summed E-state index contributed by atoms with van der Waals surface area (Å²) in [6, 6.07) is 7.31. The Morgan fingerprint density at radius 1 is 1.35 bits per heavy atom. The molecule has 4 heteroatoms. The molecular weight excluding hydrogens is 254 g/mol. The Balaban J connectivity index is 2.14. The number of benzene rings is 1. The molecule has 106 valence electrons. The van der Waals surface area contributed by atoms with Crippen LogP contribution in [0.5, 0.6) is 0 Å². The molecule has 0 aromatic heterocycles. The first kappa shape index (κ1) is 14.3. The summed E-state index contributed by atoms with van der Waals surface area (Å²) in [5.74, 6) is -0.256. The average molecular weight is 273 g/mol. The molecule has 1 amide bonds. The summed E-state index contributed by atoms with van der Waals surface area (Å²) in [6.07, 6.45) is 7.33. The van der Waals surface area contributed by atoms with E-state index in [1.54, 1.807) is 12.1 Å². The summed E-state index contributed by atoms with van der Waals surface area (Å²) in [6.45, 7) is 0. The number of ether oxygens (including phenoxy) is 1. The van der Waals surface area contributed by atoms with Crippen LogP contribution in [0.1, 0.15) is 41.6 Å². The van der Waals surface area contributed by atoms with E-state index in [1.165, 1.54) is 7.11 Å². The molecule has 20 heavy (non-hydrogen) atoms. The highest BCUT2D eigenvalue weighted by molar-refractivity contribution is 5.93. The highest BCUT2D eigenvalue weighted by atomic mass is 16.5. The van der Waals surface area contributed by atoms with Crippen molar-refractivity contribution in [1.29, 1.82) is 0 Å². The van der Waals surface area contributed by atoms with E-state index >= 15 is 0 Å². The number of nitrogens with one attached hydrogen (secondary N) is 1. The minimum atomic E-state index is -0.352. The van der Waals surface area contributed by atoms with Crippen LogP contribution >= 0.6 is 0 Å². The maximum absolute atomic E-state index is 11.7. The Morgan fingerprint density at radius 2 is 2.15 bits per heavy atom. The van der Waals surface area contributed by atoms with Gasteiger partial charge in [-0.05, 0) is 24.5 Å². The molecule has 2 rings (SSSR count).